The zero-order valence-corrected chi connectivity index (χ0v) is 21.9. The van der Waals surface area contributed by atoms with Crippen LogP contribution in [0.1, 0.15) is 27.8 Å². The quantitative estimate of drug-likeness (QED) is 0.124. The molecule has 0 aliphatic rings. The number of nitrogens with two attached hydrogens (primary N) is 1. The zero-order chi connectivity index (χ0) is 26.0. The van der Waals surface area contributed by atoms with Crippen molar-refractivity contribution in [1.82, 2.24) is 4.90 Å². The van der Waals surface area contributed by atoms with Crippen LogP contribution in [0.25, 0.3) is 0 Å². The van der Waals surface area contributed by atoms with Crippen molar-refractivity contribution in [1.29, 1.82) is 5.41 Å². The largest absolute Gasteiger partial charge is 0.504 e. The van der Waals surface area contributed by atoms with Crippen LogP contribution in [0.2, 0.25) is 0 Å². The summed E-state index contributed by atoms with van der Waals surface area (Å²) in [4.78, 5) is 3.13. The molecule has 4 rings (SSSR count). The molecule has 4 N–H and O–H groups in total. The van der Waals surface area contributed by atoms with Crippen LogP contribution < -0.4 is 10.5 Å². The summed E-state index contributed by atoms with van der Waals surface area (Å²) in [6, 6.07) is 31.8. The first-order chi connectivity index (χ1) is 18.0. The lowest BCUT2D eigenvalue weighted by Gasteiger charge is -2.26. The number of benzene rings is 4. The number of rotatable bonds is 11. The average molecular weight is 512 g/mol. The van der Waals surface area contributed by atoms with Crippen molar-refractivity contribution in [2.24, 2.45) is 5.73 Å². The van der Waals surface area contributed by atoms with Gasteiger partial charge < -0.3 is 20.5 Å². The number of amidine groups is 1. The summed E-state index contributed by atoms with van der Waals surface area (Å²) < 4.78 is 5.79. The van der Waals surface area contributed by atoms with Gasteiger partial charge in [-0.2, -0.15) is 0 Å². The van der Waals surface area contributed by atoms with E-state index < -0.39 is 0 Å². The van der Waals surface area contributed by atoms with Crippen molar-refractivity contribution in [2.45, 2.75) is 30.7 Å². The average Bonchev–Trinajstić information content (AvgIpc) is 2.92. The minimum atomic E-state index is 0.0138. The molecule has 0 heterocycles. The minimum absolute atomic E-state index is 0.0138. The number of phenolic OH excluding ortho intramolecular Hbond substituents is 1. The van der Waals surface area contributed by atoms with Gasteiger partial charge >= 0.3 is 0 Å². The molecule has 0 spiro atoms. The Morgan fingerprint density at radius 3 is 2.38 bits per heavy atom. The molecule has 0 saturated heterocycles. The second kappa shape index (κ2) is 13.0. The molecule has 0 saturated carbocycles. The van der Waals surface area contributed by atoms with Gasteiger partial charge in [-0.05, 0) is 47.9 Å². The summed E-state index contributed by atoms with van der Waals surface area (Å²) in [5.74, 6) is 1.60. The molecule has 0 atom stereocenters. The Balaban J connectivity index is 1.45. The van der Waals surface area contributed by atoms with Gasteiger partial charge in [0.1, 0.15) is 12.4 Å². The molecule has 0 bridgehead atoms. The highest BCUT2D eigenvalue weighted by atomic mass is 32.2. The van der Waals surface area contributed by atoms with Crippen LogP contribution in [0.4, 0.5) is 0 Å². The van der Waals surface area contributed by atoms with E-state index >= 15 is 0 Å². The number of hydrogen-bond acceptors (Lipinski definition) is 5. The van der Waals surface area contributed by atoms with Gasteiger partial charge in [0.15, 0.2) is 11.5 Å². The van der Waals surface area contributed by atoms with Crippen molar-refractivity contribution in [3.8, 4) is 11.5 Å². The molecule has 0 unspecified atom stereocenters. The highest BCUT2D eigenvalue weighted by molar-refractivity contribution is 7.98. The molecule has 6 heteroatoms. The molecule has 0 radical (unpaired) electrons. The molecule has 0 amide bonds. The SMILES string of the molecule is Cc1ccc(CSc2ccccc2CN(CCN)C(=N)c2ccc(OCc3ccccc3)c(O)c2)cc1. The first kappa shape index (κ1) is 26.3. The Hall–Kier alpha value is -3.74. The molecule has 4 aromatic carbocycles. The van der Waals surface area contributed by atoms with Gasteiger partial charge in [0.05, 0.1) is 0 Å². The van der Waals surface area contributed by atoms with Crippen LogP contribution in [0.15, 0.2) is 102 Å². The topological polar surface area (TPSA) is 82.6 Å². The summed E-state index contributed by atoms with van der Waals surface area (Å²) in [6.45, 7) is 3.97. The van der Waals surface area contributed by atoms with Crippen molar-refractivity contribution in [3.63, 3.8) is 0 Å². The Morgan fingerprint density at radius 1 is 0.919 bits per heavy atom. The van der Waals surface area contributed by atoms with E-state index in [1.165, 1.54) is 16.0 Å². The van der Waals surface area contributed by atoms with Gasteiger partial charge in [-0.1, -0.05) is 78.4 Å². The second-order valence-electron chi connectivity index (χ2n) is 8.90. The lowest BCUT2D eigenvalue weighted by atomic mass is 10.1. The van der Waals surface area contributed by atoms with Crippen molar-refractivity contribution < 1.29 is 9.84 Å². The molecule has 5 nitrogen and oxygen atoms in total. The van der Waals surface area contributed by atoms with E-state index in [0.717, 1.165) is 16.9 Å². The van der Waals surface area contributed by atoms with Crippen LogP contribution in [0.3, 0.4) is 0 Å². The van der Waals surface area contributed by atoms with E-state index in [-0.39, 0.29) is 5.75 Å². The molecule has 0 fully saturated rings. The Kier molecular flexibility index (Phi) is 9.24. The number of aryl methyl sites for hydroxylation is 1. The third kappa shape index (κ3) is 7.38. The van der Waals surface area contributed by atoms with Crippen LogP contribution >= 0.6 is 11.8 Å². The highest BCUT2D eigenvalue weighted by Crippen LogP contribution is 2.30. The first-order valence-electron chi connectivity index (χ1n) is 12.3. The van der Waals surface area contributed by atoms with Crippen LogP contribution in [-0.2, 0) is 18.9 Å². The fraction of sp³-hybridized carbons (Fsp3) is 0.194. The van der Waals surface area contributed by atoms with E-state index in [1.54, 1.807) is 23.9 Å². The Labute approximate surface area is 223 Å². The van der Waals surface area contributed by atoms with Gasteiger partial charge in [-0.3, -0.25) is 5.41 Å². The monoisotopic (exact) mass is 511 g/mol. The standard InChI is InChI=1S/C31H33N3O2S/c1-23-11-13-25(14-12-23)22-37-30-10-6-5-9-27(30)20-34(18-17-32)31(33)26-15-16-29(28(35)19-26)36-21-24-7-3-2-4-8-24/h2-16,19,33,35H,17-18,20-22,32H2,1H3. The molecular formula is C31H33N3O2S. The molecule has 0 aliphatic heterocycles. The number of nitrogens with one attached hydrogen (secondary N) is 1. The summed E-state index contributed by atoms with van der Waals surface area (Å²) in [5, 5.41) is 19.5. The molecular weight excluding hydrogens is 478 g/mol. The second-order valence-corrected chi connectivity index (χ2v) is 9.91. The molecule has 4 aromatic rings. The van der Waals surface area contributed by atoms with E-state index in [4.69, 9.17) is 15.9 Å². The summed E-state index contributed by atoms with van der Waals surface area (Å²) in [5.41, 5.74) is 11.2. The van der Waals surface area contributed by atoms with Gasteiger partial charge in [-0.15, -0.1) is 11.8 Å². The lowest BCUT2D eigenvalue weighted by molar-refractivity contribution is 0.289. The third-order valence-corrected chi connectivity index (χ3v) is 7.22. The minimum Gasteiger partial charge on any atom is -0.504 e. The number of thioether (sulfide) groups is 1. The maximum atomic E-state index is 10.6. The van der Waals surface area contributed by atoms with Crippen molar-refractivity contribution in [2.75, 3.05) is 13.1 Å². The number of phenols is 1. The molecule has 0 aromatic heterocycles. The maximum absolute atomic E-state index is 10.6. The van der Waals surface area contributed by atoms with Crippen LogP contribution in [-0.4, -0.2) is 28.9 Å². The summed E-state index contributed by atoms with van der Waals surface area (Å²) in [6.07, 6.45) is 0. The van der Waals surface area contributed by atoms with Crippen molar-refractivity contribution >= 4 is 17.6 Å². The zero-order valence-electron chi connectivity index (χ0n) is 21.1. The smallest absolute Gasteiger partial charge is 0.161 e. The van der Waals surface area contributed by atoms with E-state index in [2.05, 4.69) is 43.3 Å². The highest BCUT2D eigenvalue weighted by Gasteiger charge is 2.16. The first-order valence-corrected chi connectivity index (χ1v) is 13.3. The van der Waals surface area contributed by atoms with E-state index in [9.17, 15) is 5.11 Å². The Bertz CT molecular complexity index is 1310. The molecule has 37 heavy (non-hydrogen) atoms. The van der Waals surface area contributed by atoms with Gasteiger partial charge in [0.25, 0.3) is 0 Å². The van der Waals surface area contributed by atoms with Gasteiger partial charge in [0, 0.05) is 35.8 Å². The van der Waals surface area contributed by atoms with Crippen LogP contribution in [0.5, 0.6) is 11.5 Å². The van der Waals surface area contributed by atoms with Crippen molar-refractivity contribution in [3.05, 3.63) is 125 Å². The van der Waals surface area contributed by atoms with Crippen LogP contribution in [0, 0.1) is 12.3 Å². The number of ether oxygens (including phenoxy) is 1. The lowest BCUT2D eigenvalue weighted by Crippen LogP contribution is -2.35. The fourth-order valence-electron chi connectivity index (χ4n) is 3.96. The van der Waals surface area contributed by atoms with E-state index in [0.29, 0.717) is 43.4 Å². The summed E-state index contributed by atoms with van der Waals surface area (Å²) >= 11 is 1.80. The Morgan fingerprint density at radius 2 is 1.65 bits per heavy atom. The fourth-order valence-corrected chi connectivity index (χ4v) is 4.96. The number of nitrogens with zero attached hydrogens (tertiary/aromatic N) is 1. The maximum Gasteiger partial charge on any atom is 0.161 e. The normalized spacial score (nSPS) is 10.8. The predicted octanol–water partition coefficient (Wildman–Crippen LogP) is 6.36. The number of aromatic hydroxyl groups is 1. The van der Waals surface area contributed by atoms with E-state index in [1.807, 2.05) is 53.4 Å². The molecule has 190 valence electrons. The molecule has 0 aliphatic carbocycles. The van der Waals surface area contributed by atoms with Gasteiger partial charge in [-0.25, -0.2) is 0 Å². The van der Waals surface area contributed by atoms with Gasteiger partial charge in [0.2, 0.25) is 0 Å². The number of hydrogen-bond donors (Lipinski definition) is 3. The predicted molar refractivity (Wildman–Crippen MR) is 152 cm³/mol. The third-order valence-electron chi connectivity index (χ3n) is 6.03. The summed E-state index contributed by atoms with van der Waals surface area (Å²) in [7, 11) is 0.